The lowest BCUT2D eigenvalue weighted by molar-refractivity contribution is -0.118. The normalized spacial score (nSPS) is 10.8. The fourth-order valence-electron chi connectivity index (χ4n) is 2.56. The first-order valence-corrected chi connectivity index (χ1v) is 9.53. The minimum absolute atomic E-state index is 0.109. The second-order valence-electron chi connectivity index (χ2n) is 5.73. The van der Waals surface area contributed by atoms with Crippen molar-refractivity contribution in [1.29, 1.82) is 0 Å². The Morgan fingerprint density at radius 2 is 1.92 bits per heavy atom. The number of fused-ring (bicyclic) bond motifs is 1. The van der Waals surface area contributed by atoms with Gasteiger partial charge in [0.2, 0.25) is 5.91 Å². The lowest BCUT2D eigenvalue weighted by Gasteiger charge is -2.13. The number of benzene rings is 2. The largest absolute Gasteiger partial charge is 0.355 e. The SMILES string of the molecule is CC(=O)NCCn1c(SCc2ccccc2Cl)nc2ccccc2c1=O. The maximum atomic E-state index is 12.9. The van der Waals surface area contributed by atoms with Crippen molar-refractivity contribution in [2.24, 2.45) is 0 Å². The zero-order valence-corrected chi connectivity index (χ0v) is 15.8. The Kier molecular flexibility index (Phi) is 5.96. The van der Waals surface area contributed by atoms with Gasteiger partial charge in [-0.05, 0) is 23.8 Å². The number of hydrogen-bond acceptors (Lipinski definition) is 4. The number of para-hydroxylation sites is 1. The van der Waals surface area contributed by atoms with Gasteiger partial charge in [0, 0.05) is 30.8 Å². The molecule has 3 rings (SSSR count). The van der Waals surface area contributed by atoms with Gasteiger partial charge in [-0.1, -0.05) is 53.7 Å². The Bertz CT molecular complexity index is 1000. The summed E-state index contributed by atoms with van der Waals surface area (Å²) in [5, 5.41) is 4.59. The number of nitrogens with zero attached hydrogens (tertiary/aromatic N) is 2. The van der Waals surface area contributed by atoms with E-state index in [1.165, 1.54) is 18.7 Å². The van der Waals surface area contributed by atoms with Crippen molar-refractivity contribution in [3.63, 3.8) is 0 Å². The molecule has 0 radical (unpaired) electrons. The molecule has 0 aliphatic heterocycles. The average Bonchev–Trinajstić information content (AvgIpc) is 2.63. The van der Waals surface area contributed by atoms with Crippen LogP contribution in [-0.4, -0.2) is 22.0 Å². The van der Waals surface area contributed by atoms with Gasteiger partial charge in [0.05, 0.1) is 10.9 Å². The molecule has 5 nitrogen and oxygen atoms in total. The van der Waals surface area contributed by atoms with Gasteiger partial charge < -0.3 is 5.32 Å². The van der Waals surface area contributed by atoms with Crippen LogP contribution in [0.25, 0.3) is 10.9 Å². The number of thioether (sulfide) groups is 1. The number of carbonyl (C=O) groups excluding carboxylic acids is 1. The third kappa shape index (κ3) is 4.26. The Hall–Kier alpha value is -2.31. The number of aromatic nitrogens is 2. The van der Waals surface area contributed by atoms with Crippen LogP contribution >= 0.6 is 23.4 Å². The van der Waals surface area contributed by atoms with Crippen LogP contribution in [0.2, 0.25) is 5.02 Å². The molecular weight excluding hydrogens is 370 g/mol. The number of hydrogen-bond donors (Lipinski definition) is 1. The van der Waals surface area contributed by atoms with Gasteiger partial charge in [0.15, 0.2) is 5.16 Å². The van der Waals surface area contributed by atoms with E-state index < -0.39 is 0 Å². The van der Waals surface area contributed by atoms with Crippen molar-refractivity contribution in [3.8, 4) is 0 Å². The van der Waals surface area contributed by atoms with Crippen molar-refractivity contribution in [1.82, 2.24) is 14.9 Å². The summed E-state index contributed by atoms with van der Waals surface area (Å²) in [6.45, 7) is 2.19. The second-order valence-corrected chi connectivity index (χ2v) is 7.08. The fraction of sp³-hybridized carbons (Fsp3) is 0.211. The van der Waals surface area contributed by atoms with Crippen LogP contribution in [-0.2, 0) is 17.1 Å². The summed E-state index contributed by atoms with van der Waals surface area (Å²) in [5.41, 5.74) is 1.53. The van der Waals surface area contributed by atoms with Gasteiger partial charge in [-0.15, -0.1) is 0 Å². The average molecular weight is 388 g/mol. The van der Waals surface area contributed by atoms with E-state index in [-0.39, 0.29) is 11.5 Å². The molecule has 1 amide bonds. The number of rotatable bonds is 6. The van der Waals surface area contributed by atoms with E-state index in [0.29, 0.717) is 39.9 Å². The smallest absolute Gasteiger partial charge is 0.262 e. The molecule has 0 saturated heterocycles. The summed E-state index contributed by atoms with van der Waals surface area (Å²) in [5.74, 6) is 0.474. The number of nitrogens with one attached hydrogen (secondary N) is 1. The number of amides is 1. The van der Waals surface area contributed by atoms with Crippen LogP contribution in [0.1, 0.15) is 12.5 Å². The summed E-state index contributed by atoms with van der Waals surface area (Å²) in [6, 6.07) is 14.9. The highest BCUT2D eigenvalue weighted by Crippen LogP contribution is 2.25. The van der Waals surface area contributed by atoms with Gasteiger partial charge in [0.25, 0.3) is 5.56 Å². The number of halogens is 1. The first kappa shape index (κ1) is 18.5. The molecule has 1 aromatic heterocycles. The minimum atomic E-state index is -0.128. The lowest BCUT2D eigenvalue weighted by atomic mass is 10.2. The monoisotopic (exact) mass is 387 g/mol. The van der Waals surface area contributed by atoms with Crippen LogP contribution in [0.3, 0.4) is 0 Å². The summed E-state index contributed by atoms with van der Waals surface area (Å²) >= 11 is 7.68. The van der Waals surface area contributed by atoms with E-state index in [1.54, 1.807) is 10.6 Å². The second kappa shape index (κ2) is 8.38. The Balaban J connectivity index is 1.94. The van der Waals surface area contributed by atoms with Crippen molar-refractivity contribution < 1.29 is 4.79 Å². The first-order chi connectivity index (χ1) is 12.6. The molecule has 0 saturated carbocycles. The maximum Gasteiger partial charge on any atom is 0.262 e. The molecule has 0 spiro atoms. The molecular formula is C19H18ClN3O2S. The van der Waals surface area contributed by atoms with E-state index in [0.717, 1.165) is 5.56 Å². The molecule has 0 atom stereocenters. The molecule has 134 valence electrons. The van der Waals surface area contributed by atoms with Crippen LogP contribution in [0.15, 0.2) is 58.5 Å². The van der Waals surface area contributed by atoms with Gasteiger partial charge >= 0.3 is 0 Å². The molecule has 0 aliphatic carbocycles. The van der Waals surface area contributed by atoms with Crippen LogP contribution in [0.5, 0.6) is 0 Å². The van der Waals surface area contributed by atoms with Crippen molar-refractivity contribution in [2.45, 2.75) is 24.4 Å². The molecule has 1 heterocycles. The highest BCUT2D eigenvalue weighted by Gasteiger charge is 2.12. The minimum Gasteiger partial charge on any atom is -0.355 e. The van der Waals surface area contributed by atoms with E-state index in [1.807, 2.05) is 42.5 Å². The van der Waals surface area contributed by atoms with Crippen molar-refractivity contribution in [3.05, 3.63) is 69.5 Å². The van der Waals surface area contributed by atoms with E-state index in [2.05, 4.69) is 10.3 Å². The maximum absolute atomic E-state index is 12.9. The third-order valence-corrected chi connectivity index (χ3v) is 5.24. The summed E-state index contributed by atoms with van der Waals surface area (Å²) in [7, 11) is 0. The zero-order chi connectivity index (χ0) is 18.5. The molecule has 1 N–H and O–H groups in total. The first-order valence-electron chi connectivity index (χ1n) is 8.16. The predicted octanol–water partition coefficient (Wildman–Crippen LogP) is 3.48. The third-order valence-electron chi connectivity index (χ3n) is 3.85. The van der Waals surface area contributed by atoms with E-state index in [4.69, 9.17) is 11.6 Å². The van der Waals surface area contributed by atoms with Gasteiger partial charge in [-0.3, -0.25) is 14.2 Å². The Morgan fingerprint density at radius 1 is 1.19 bits per heavy atom. The highest BCUT2D eigenvalue weighted by molar-refractivity contribution is 7.98. The summed E-state index contributed by atoms with van der Waals surface area (Å²) in [4.78, 5) is 28.7. The fourth-order valence-corrected chi connectivity index (χ4v) is 3.87. The van der Waals surface area contributed by atoms with Gasteiger partial charge in [-0.2, -0.15) is 0 Å². The summed E-state index contributed by atoms with van der Waals surface area (Å²) in [6.07, 6.45) is 0. The van der Waals surface area contributed by atoms with Crippen molar-refractivity contribution in [2.75, 3.05) is 6.54 Å². The quantitative estimate of drug-likeness (QED) is 0.519. The molecule has 0 unspecified atom stereocenters. The van der Waals surface area contributed by atoms with Crippen LogP contribution < -0.4 is 10.9 Å². The number of carbonyl (C=O) groups is 1. The van der Waals surface area contributed by atoms with E-state index >= 15 is 0 Å². The topological polar surface area (TPSA) is 64.0 Å². The van der Waals surface area contributed by atoms with E-state index in [9.17, 15) is 9.59 Å². The summed E-state index contributed by atoms with van der Waals surface area (Å²) < 4.78 is 1.61. The Labute approximate surface area is 160 Å². The standard InChI is InChI=1S/C19H18ClN3O2S/c1-13(24)21-10-11-23-18(25)15-7-3-5-9-17(15)22-19(23)26-12-14-6-2-4-8-16(14)20/h2-9H,10-12H2,1H3,(H,21,24). The molecule has 0 bridgehead atoms. The molecule has 2 aromatic carbocycles. The zero-order valence-electron chi connectivity index (χ0n) is 14.2. The Morgan fingerprint density at radius 3 is 2.69 bits per heavy atom. The predicted molar refractivity (Wildman–Crippen MR) is 106 cm³/mol. The van der Waals surface area contributed by atoms with Gasteiger partial charge in [-0.25, -0.2) is 4.98 Å². The van der Waals surface area contributed by atoms with Gasteiger partial charge in [0.1, 0.15) is 0 Å². The lowest BCUT2D eigenvalue weighted by Crippen LogP contribution is -2.31. The molecule has 7 heteroatoms. The van der Waals surface area contributed by atoms with Crippen LogP contribution in [0.4, 0.5) is 0 Å². The highest BCUT2D eigenvalue weighted by atomic mass is 35.5. The van der Waals surface area contributed by atoms with Crippen LogP contribution in [0, 0.1) is 0 Å². The molecule has 0 aliphatic rings. The molecule has 3 aromatic rings. The molecule has 26 heavy (non-hydrogen) atoms. The molecule has 0 fully saturated rings. The van der Waals surface area contributed by atoms with Crippen molar-refractivity contribution >= 4 is 40.2 Å².